The van der Waals surface area contributed by atoms with E-state index in [1.807, 2.05) is 55.0 Å². The van der Waals surface area contributed by atoms with Crippen LogP contribution in [0.5, 0.6) is 5.88 Å². The second kappa shape index (κ2) is 8.10. The third kappa shape index (κ3) is 3.96. The molecule has 0 radical (unpaired) electrons. The van der Waals surface area contributed by atoms with Gasteiger partial charge in [-0.25, -0.2) is 15.0 Å². The first-order valence-corrected chi connectivity index (χ1v) is 9.86. The van der Waals surface area contributed by atoms with Gasteiger partial charge in [-0.2, -0.15) is 5.10 Å². The van der Waals surface area contributed by atoms with E-state index >= 15 is 0 Å². The molecule has 3 aromatic rings. The summed E-state index contributed by atoms with van der Waals surface area (Å²) in [5.74, 6) is 2.08. The number of nitrogens with one attached hydrogen (secondary N) is 1. The molecule has 0 fully saturated rings. The Morgan fingerprint density at radius 2 is 2.07 bits per heavy atom. The van der Waals surface area contributed by atoms with Crippen LogP contribution in [-0.4, -0.2) is 50.8 Å². The van der Waals surface area contributed by atoms with E-state index in [-0.39, 0.29) is 11.9 Å². The lowest BCUT2D eigenvalue weighted by molar-refractivity contribution is -0.117. The minimum atomic E-state index is -0.260. The van der Waals surface area contributed by atoms with Crippen LogP contribution in [0.15, 0.2) is 30.7 Å². The molecule has 1 aliphatic rings. The van der Waals surface area contributed by atoms with Gasteiger partial charge in [0, 0.05) is 31.9 Å². The number of likely N-dealkylation sites (N-methyl/N-ethyl adjacent to an activating group) is 1. The maximum Gasteiger partial charge on any atom is 0.246 e. The fourth-order valence-corrected chi connectivity index (χ4v) is 3.44. The zero-order valence-corrected chi connectivity index (χ0v) is 17.6. The monoisotopic (exact) mass is 407 g/mol. The number of carbonyl (C=O) groups is 1. The van der Waals surface area contributed by atoms with Crippen LogP contribution in [0.25, 0.3) is 0 Å². The fraction of sp³-hybridized carbons (Fsp3) is 0.381. The molecule has 4 heterocycles. The van der Waals surface area contributed by atoms with Crippen LogP contribution in [0.1, 0.15) is 29.6 Å². The van der Waals surface area contributed by atoms with E-state index in [0.29, 0.717) is 24.5 Å². The van der Waals surface area contributed by atoms with Crippen molar-refractivity contribution >= 4 is 17.4 Å². The molecule has 0 saturated heterocycles. The van der Waals surface area contributed by atoms with Gasteiger partial charge in [-0.1, -0.05) is 0 Å². The molecule has 156 valence electrons. The van der Waals surface area contributed by atoms with Gasteiger partial charge in [-0.3, -0.25) is 9.48 Å². The summed E-state index contributed by atoms with van der Waals surface area (Å²) >= 11 is 0. The van der Waals surface area contributed by atoms with Crippen molar-refractivity contribution in [2.24, 2.45) is 0 Å². The minimum absolute atomic E-state index is 0.0383. The molecule has 0 spiro atoms. The summed E-state index contributed by atoms with van der Waals surface area (Å²) in [4.78, 5) is 27.4. The first-order valence-electron chi connectivity index (χ1n) is 9.86. The van der Waals surface area contributed by atoms with Crippen LogP contribution < -0.4 is 15.0 Å². The lowest BCUT2D eigenvalue weighted by atomic mass is 10.1. The molecule has 0 aliphatic carbocycles. The van der Waals surface area contributed by atoms with Gasteiger partial charge in [0.25, 0.3) is 0 Å². The number of hydrogen-bond donors (Lipinski definition) is 1. The van der Waals surface area contributed by atoms with Crippen molar-refractivity contribution < 1.29 is 9.53 Å². The van der Waals surface area contributed by atoms with Crippen molar-refractivity contribution in [3.8, 4) is 5.88 Å². The summed E-state index contributed by atoms with van der Waals surface area (Å²) in [6.07, 6.45) is 7.11. The van der Waals surface area contributed by atoms with E-state index in [1.54, 1.807) is 13.3 Å². The molecule has 0 unspecified atom stereocenters. The highest BCUT2D eigenvalue weighted by molar-refractivity contribution is 6.02. The zero-order valence-electron chi connectivity index (χ0n) is 17.6. The lowest BCUT2D eigenvalue weighted by Gasteiger charge is -2.32. The largest absolute Gasteiger partial charge is 0.481 e. The van der Waals surface area contributed by atoms with Crippen molar-refractivity contribution in [2.75, 3.05) is 24.4 Å². The van der Waals surface area contributed by atoms with Crippen LogP contribution in [0.4, 0.5) is 11.5 Å². The fourth-order valence-electron chi connectivity index (χ4n) is 3.44. The van der Waals surface area contributed by atoms with Gasteiger partial charge >= 0.3 is 0 Å². The van der Waals surface area contributed by atoms with Crippen LogP contribution in [-0.2, 0) is 24.2 Å². The Kier molecular flexibility index (Phi) is 5.35. The van der Waals surface area contributed by atoms with Crippen LogP contribution in [0.2, 0.25) is 0 Å². The Labute approximate surface area is 175 Å². The first kappa shape index (κ1) is 19.8. The molecular weight excluding hydrogens is 382 g/mol. The summed E-state index contributed by atoms with van der Waals surface area (Å²) in [6.45, 7) is 4.41. The quantitative estimate of drug-likeness (QED) is 0.667. The maximum atomic E-state index is 12.1. The minimum Gasteiger partial charge on any atom is -0.481 e. The highest BCUT2D eigenvalue weighted by Gasteiger charge is 2.30. The first-order chi connectivity index (χ1) is 14.4. The predicted octanol–water partition coefficient (Wildman–Crippen LogP) is 2.00. The van der Waals surface area contributed by atoms with E-state index < -0.39 is 0 Å². The lowest BCUT2D eigenvalue weighted by Crippen LogP contribution is -2.45. The van der Waals surface area contributed by atoms with Crippen LogP contribution in [0, 0.1) is 6.92 Å². The molecule has 0 aromatic carbocycles. The smallest absolute Gasteiger partial charge is 0.246 e. The number of pyridine rings is 1. The highest BCUT2D eigenvalue weighted by Crippen LogP contribution is 2.31. The Balaban J connectivity index is 1.44. The summed E-state index contributed by atoms with van der Waals surface area (Å²) in [5.41, 5.74) is 3.67. The number of amides is 1. The van der Waals surface area contributed by atoms with Gasteiger partial charge < -0.3 is 15.0 Å². The third-order valence-electron chi connectivity index (χ3n) is 5.34. The summed E-state index contributed by atoms with van der Waals surface area (Å²) < 4.78 is 7.07. The molecule has 9 heteroatoms. The van der Waals surface area contributed by atoms with Gasteiger partial charge in [-0.05, 0) is 37.5 Å². The number of aromatic nitrogens is 5. The Morgan fingerprint density at radius 3 is 2.87 bits per heavy atom. The van der Waals surface area contributed by atoms with E-state index in [9.17, 15) is 4.79 Å². The van der Waals surface area contributed by atoms with E-state index in [2.05, 4.69) is 20.4 Å². The SMILES string of the molecule is COc1cc(Cn2cc(CCc3nc(C)c4c(n3)N(C)[C@@H](C)C(=O)N4)cn2)ccn1. The molecule has 1 aliphatic heterocycles. The number of anilines is 2. The van der Waals surface area contributed by atoms with Crippen molar-refractivity contribution in [2.45, 2.75) is 39.3 Å². The van der Waals surface area contributed by atoms with Crippen molar-refractivity contribution in [3.05, 3.63) is 53.4 Å². The topological polar surface area (TPSA) is 98.1 Å². The number of ether oxygens (including phenoxy) is 1. The number of nitrogens with zero attached hydrogens (tertiary/aromatic N) is 6. The molecule has 30 heavy (non-hydrogen) atoms. The number of aryl methyl sites for hydroxylation is 3. The Morgan fingerprint density at radius 1 is 1.23 bits per heavy atom. The molecule has 4 rings (SSSR count). The van der Waals surface area contributed by atoms with Gasteiger partial charge in [0.15, 0.2) is 5.82 Å². The van der Waals surface area contributed by atoms with E-state index in [1.165, 1.54) is 0 Å². The van der Waals surface area contributed by atoms with Crippen molar-refractivity contribution in [3.63, 3.8) is 0 Å². The second-order valence-corrected chi connectivity index (χ2v) is 7.45. The molecule has 0 saturated carbocycles. The predicted molar refractivity (Wildman–Crippen MR) is 113 cm³/mol. The normalized spacial score (nSPS) is 15.7. The molecule has 1 N–H and O–H groups in total. The number of hydrogen-bond acceptors (Lipinski definition) is 7. The molecule has 0 bridgehead atoms. The highest BCUT2D eigenvalue weighted by atomic mass is 16.5. The van der Waals surface area contributed by atoms with E-state index in [0.717, 1.165) is 34.9 Å². The second-order valence-electron chi connectivity index (χ2n) is 7.45. The van der Waals surface area contributed by atoms with Crippen molar-refractivity contribution in [1.82, 2.24) is 24.7 Å². The molecule has 1 amide bonds. The van der Waals surface area contributed by atoms with Gasteiger partial charge in [0.05, 0.1) is 25.5 Å². The van der Waals surface area contributed by atoms with Crippen LogP contribution in [0.3, 0.4) is 0 Å². The molecule has 3 aromatic heterocycles. The van der Waals surface area contributed by atoms with Gasteiger partial charge in [0.1, 0.15) is 17.6 Å². The summed E-state index contributed by atoms with van der Waals surface area (Å²) in [6, 6.07) is 3.59. The third-order valence-corrected chi connectivity index (χ3v) is 5.34. The van der Waals surface area contributed by atoms with Gasteiger partial charge in [-0.15, -0.1) is 0 Å². The Hall–Kier alpha value is -3.49. The zero-order chi connectivity index (χ0) is 21.3. The van der Waals surface area contributed by atoms with Gasteiger partial charge in [0.2, 0.25) is 11.8 Å². The number of carbonyl (C=O) groups excluding carboxylic acids is 1. The van der Waals surface area contributed by atoms with Crippen molar-refractivity contribution in [1.29, 1.82) is 0 Å². The number of rotatable bonds is 6. The summed E-state index contributed by atoms with van der Waals surface area (Å²) in [5, 5.41) is 7.37. The average molecular weight is 407 g/mol. The number of methoxy groups -OCH3 is 1. The number of fused-ring (bicyclic) bond motifs is 1. The molecule has 1 atom stereocenters. The average Bonchev–Trinajstić information content (AvgIpc) is 3.19. The molecule has 9 nitrogen and oxygen atoms in total. The van der Waals surface area contributed by atoms with E-state index in [4.69, 9.17) is 9.72 Å². The summed E-state index contributed by atoms with van der Waals surface area (Å²) in [7, 11) is 3.49. The maximum absolute atomic E-state index is 12.1. The standard InChI is InChI=1S/C21H25N7O2/c1-13-19-20(27(3)14(2)21(29)26-19)25-17(24-13)6-5-16-10-23-28(12-16)11-15-7-8-22-18(9-15)30-4/h7-10,12,14H,5-6,11H2,1-4H3,(H,26,29)/t14-/m0/s1. The van der Waals surface area contributed by atoms with Crippen LogP contribution >= 0.6 is 0 Å². The Bertz CT molecular complexity index is 1080. The molecular formula is C21H25N7O2.